The van der Waals surface area contributed by atoms with Crippen molar-refractivity contribution in [2.75, 3.05) is 19.4 Å². The molecule has 3 N–H and O–H groups in total. The third-order valence-corrected chi connectivity index (χ3v) is 3.88. The Labute approximate surface area is 120 Å². The van der Waals surface area contributed by atoms with E-state index in [2.05, 4.69) is 24.1 Å². The maximum atomic E-state index is 6.04. The van der Waals surface area contributed by atoms with Gasteiger partial charge < -0.3 is 15.8 Å². The van der Waals surface area contributed by atoms with Gasteiger partial charge in [-0.15, -0.1) is 0 Å². The average molecular weight is 286 g/mol. The molecule has 0 aliphatic rings. The summed E-state index contributed by atoms with van der Waals surface area (Å²) < 4.78 is 6.04. The first kappa shape index (κ1) is 16.2. The summed E-state index contributed by atoms with van der Waals surface area (Å²) in [7, 11) is 1.91. The lowest BCUT2D eigenvalue weighted by Crippen LogP contribution is -2.44. The molecule has 0 aromatic carbocycles. The van der Waals surface area contributed by atoms with Crippen molar-refractivity contribution in [2.24, 2.45) is 0 Å². The molecule has 1 rings (SSSR count). The second-order valence-electron chi connectivity index (χ2n) is 4.55. The van der Waals surface area contributed by atoms with E-state index in [-0.39, 0.29) is 11.6 Å². The minimum absolute atomic E-state index is 0.0337. The third-order valence-electron chi connectivity index (χ3n) is 3.67. The van der Waals surface area contributed by atoms with Crippen molar-refractivity contribution in [2.45, 2.75) is 45.3 Å². The highest BCUT2D eigenvalue weighted by molar-refractivity contribution is 6.30. The Kier molecular flexibility index (Phi) is 6.04. The summed E-state index contributed by atoms with van der Waals surface area (Å²) in [5.74, 6) is 0.495. The zero-order valence-corrected chi connectivity index (χ0v) is 12.9. The van der Waals surface area contributed by atoms with E-state index in [1.165, 1.54) is 0 Å². The molecule has 0 bridgehead atoms. The summed E-state index contributed by atoms with van der Waals surface area (Å²) >= 11 is 6.04. The quantitative estimate of drug-likeness (QED) is 0.808. The molecule has 0 aliphatic carbocycles. The van der Waals surface area contributed by atoms with Gasteiger partial charge in [-0.1, -0.05) is 25.4 Å². The highest BCUT2D eigenvalue weighted by Gasteiger charge is 2.38. The smallest absolute Gasteiger partial charge is 0.128 e. The van der Waals surface area contributed by atoms with Crippen molar-refractivity contribution >= 4 is 17.4 Å². The predicted molar refractivity (Wildman–Crippen MR) is 80.4 cm³/mol. The van der Waals surface area contributed by atoms with Crippen LogP contribution < -0.4 is 11.1 Å². The van der Waals surface area contributed by atoms with Crippen LogP contribution in [0.5, 0.6) is 0 Å². The average Bonchev–Trinajstić information content (AvgIpc) is 2.42. The second-order valence-corrected chi connectivity index (χ2v) is 4.99. The molecule has 19 heavy (non-hydrogen) atoms. The van der Waals surface area contributed by atoms with Crippen LogP contribution in [0.15, 0.2) is 12.3 Å². The molecule has 1 heterocycles. The Morgan fingerprint density at radius 3 is 2.53 bits per heavy atom. The lowest BCUT2D eigenvalue weighted by atomic mass is 9.84. The van der Waals surface area contributed by atoms with E-state index in [0.29, 0.717) is 17.4 Å². The second kappa shape index (κ2) is 7.08. The molecule has 5 heteroatoms. The summed E-state index contributed by atoms with van der Waals surface area (Å²) in [6.45, 7) is 6.91. The Morgan fingerprint density at radius 1 is 1.42 bits per heavy atom. The van der Waals surface area contributed by atoms with Crippen LogP contribution in [0, 0.1) is 0 Å². The van der Waals surface area contributed by atoms with Gasteiger partial charge in [-0.05, 0) is 32.9 Å². The van der Waals surface area contributed by atoms with E-state index in [1.807, 2.05) is 20.0 Å². The van der Waals surface area contributed by atoms with Crippen LogP contribution >= 0.6 is 11.6 Å². The number of hydrogen-bond acceptors (Lipinski definition) is 4. The van der Waals surface area contributed by atoms with Crippen LogP contribution in [0.4, 0.5) is 5.82 Å². The van der Waals surface area contributed by atoms with Crippen LogP contribution in [-0.2, 0) is 4.74 Å². The third kappa shape index (κ3) is 3.38. The van der Waals surface area contributed by atoms with Gasteiger partial charge in [0.2, 0.25) is 0 Å². The molecule has 0 fully saturated rings. The van der Waals surface area contributed by atoms with Gasteiger partial charge in [0.1, 0.15) is 5.82 Å². The number of anilines is 1. The molecule has 0 saturated carbocycles. The minimum atomic E-state index is -0.302. The fourth-order valence-electron chi connectivity index (χ4n) is 2.63. The van der Waals surface area contributed by atoms with Crippen LogP contribution in [0.2, 0.25) is 5.02 Å². The monoisotopic (exact) mass is 285 g/mol. The van der Waals surface area contributed by atoms with Crippen molar-refractivity contribution in [3.63, 3.8) is 0 Å². The van der Waals surface area contributed by atoms with E-state index < -0.39 is 0 Å². The Hall–Kier alpha value is -0.840. The summed E-state index contributed by atoms with van der Waals surface area (Å²) in [6, 6.07) is 1.83. The van der Waals surface area contributed by atoms with Gasteiger partial charge in [0.15, 0.2) is 0 Å². The van der Waals surface area contributed by atoms with E-state index in [4.69, 9.17) is 22.1 Å². The molecule has 4 nitrogen and oxygen atoms in total. The number of nitrogen functional groups attached to an aromatic ring is 1. The zero-order chi connectivity index (χ0) is 14.5. The highest BCUT2D eigenvalue weighted by Crippen LogP contribution is 2.37. The first-order valence-electron chi connectivity index (χ1n) is 6.76. The molecule has 0 radical (unpaired) electrons. The number of halogens is 1. The molecule has 0 saturated heterocycles. The fourth-order valence-corrected chi connectivity index (χ4v) is 2.80. The zero-order valence-electron chi connectivity index (χ0n) is 12.2. The highest BCUT2D eigenvalue weighted by atomic mass is 35.5. The molecule has 1 atom stereocenters. The van der Waals surface area contributed by atoms with Gasteiger partial charge in [-0.2, -0.15) is 0 Å². The summed E-state index contributed by atoms with van der Waals surface area (Å²) in [4.78, 5) is 4.14. The van der Waals surface area contributed by atoms with Crippen LogP contribution in [-0.4, -0.2) is 24.2 Å². The van der Waals surface area contributed by atoms with Gasteiger partial charge in [-0.25, -0.2) is 4.98 Å². The Balaban J connectivity index is 3.26. The summed E-state index contributed by atoms with van der Waals surface area (Å²) in [6.07, 6.45) is 3.33. The van der Waals surface area contributed by atoms with Crippen LogP contribution in [0.3, 0.4) is 0 Å². The van der Waals surface area contributed by atoms with Crippen molar-refractivity contribution in [3.05, 3.63) is 22.8 Å². The summed E-state index contributed by atoms with van der Waals surface area (Å²) in [5, 5.41) is 3.90. The lowest BCUT2D eigenvalue weighted by Gasteiger charge is -2.39. The largest absolute Gasteiger partial charge is 0.383 e. The molecule has 0 aliphatic heterocycles. The number of nitrogens with zero attached hydrogens (tertiary/aromatic N) is 1. The Bertz CT molecular complexity index is 408. The molecule has 0 amide bonds. The number of nitrogens with one attached hydrogen (secondary N) is 1. The lowest BCUT2D eigenvalue weighted by molar-refractivity contribution is -0.0716. The van der Waals surface area contributed by atoms with E-state index in [1.54, 1.807) is 6.20 Å². The first-order chi connectivity index (χ1) is 9.04. The number of nitrogens with two attached hydrogens (primary N) is 1. The maximum absolute atomic E-state index is 6.04. The number of ether oxygens (including phenoxy) is 1. The normalized spacial score (nSPS) is 13.5. The molecule has 1 unspecified atom stereocenters. The van der Waals surface area contributed by atoms with Gasteiger partial charge in [0.05, 0.1) is 16.7 Å². The van der Waals surface area contributed by atoms with Gasteiger partial charge in [0, 0.05) is 18.4 Å². The number of aromatic nitrogens is 1. The topological polar surface area (TPSA) is 60.2 Å². The fraction of sp³-hybridized carbons (Fsp3) is 0.643. The van der Waals surface area contributed by atoms with Gasteiger partial charge in [0.25, 0.3) is 0 Å². The number of rotatable bonds is 7. The van der Waals surface area contributed by atoms with Crippen molar-refractivity contribution in [1.29, 1.82) is 0 Å². The predicted octanol–water partition coefficient (Wildman–Crippen LogP) is 3.17. The molecule has 0 spiro atoms. The molecular formula is C14H24ClN3O. The molecule has 108 valence electrons. The van der Waals surface area contributed by atoms with E-state index in [0.717, 1.165) is 18.4 Å². The van der Waals surface area contributed by atoms with E-state index >= 15 is 0 Å². The standard InChI is InChI=1S/C14H24ClN3O/c1-5-14(6-2,19-7-3)12(17-4)11-8-10(15)9-18-13(11)16/h8-9,12,17H,5-7H2,1-4H3,(H2,16,18). The van der Waals surface area contributed by atoms with Crippen molar-refractivity contribution in [1.82, 2.24) is 10.3 Å². The summed E-state index contributed by atoms with van der Waals surface area (Å²) in [5.41, 5.74) is 6.60. The maximum Gasteiger partial charge on any atom is 0.128 e. The number of likely N-dealkylation sites (N-methyl/N-ethyl adjacent to an activating group) is 1. The Morgan fingerprint density at radius 2 is 2.05 bits per heavy atom. The van der Waals surface area contributed by atoms with Crippen molar-refractivity contribution < 1.29 is 4.74 Å². The van der Waals surface area contributed by atoms with E-state index in [9.17, 15) is 0 Å². The van der Waals surface area contributed by atoms with Gasteiger partial charge in [-0.3, -0.25) is 0 Å². The first-order valence-corrected chi connectivity index (χ1v) is 7.14. The van der Waals surface area contributed by atoms with Crippen LogP contribution in [0.25, 0.3) is 0 Å². The number of pyridine rings is 1. The van der Waals surface area contributed by atoms with Gasteiger partial charge >= 0.3 is 0 Å². The molecule has 1 aromatic heterocycles. The van der Waals surface area contributed by atoms with Crippen molar-refractivity contribution in [3.8, 4) is 0 Å². The molecular weight excluding hydrogens is 262 g/mol. The minimum Gasteiger partial charge on any atom is -0.383 e. The van der Waals surface area contributed by atoms with Crippen LogP contribution in [0.1, 0.15) is 45.2 Å². The SMILES string of the molecule is CCOC(CC)(CC)C(NC)c1cc(Cl)cnc1N. The number of hydrogen-bond donors (Lipinski definition) is 2. The molecule has 1 aromatic rings.